The van der Waals surface area contributed by atoms with Crippen LogP contribution in [-0.4, -0.2) is 17.4 Å². The summed E-state index contributed by atoms with van der Waals surface area (Å²) < 4.78 is 0. The summed E-state index contributed by atoms with van der Waals surface area (Å²) in [4.78, 5) is 8.09. The van der Waals surface area contributed by atoms with E-state index in [0.29, 0.717) is 11.7 Å². The van der Waals surface area contributed by atoms with E-state index < -0.39 is 0 Å². The van der Waals surface area contributed by atoms with Crippen LogP contribution in [0, 0.1) is 5.41 Å². The van der Waals surface area contributed by atoms with Gasteiger partial charge in [0, 0.05) is 11.4 Å². The Labute approximate surface area is 116 Å². The molecule has 0 aromatic carbocycles. The molecule has 0 radical (unpaired) electrons. The van der Waals surface area contributed by atoms with Crippen molar-refractivity contribution in [1.29, 1.82) is 5.41 Å². The van der Waals surface area contributed by atoms with Crippen molar-refractivity contribution in [3.63, 3.8) is 0 Å². The minimum Gasteiger partial charge on any atom is -0.382 e. The highest BCUT2D eigenvalue weighted by Gasteiger charge is 2.24. The van der Waals surface area contributed by atoms with Crippen molar-refractivity contribution in [2.75, 3.05) is 11.4 Å². The molecule has 1 atom stereocenters. The number of thiophene rings is 1. The second kappa shape index (κ2) is 4.66. The van der Waals surface area contributed by atoms with Crippen molar-refractivity contribution in [1.82, 2.24) is 4.98 Å². The fraction of sp³-hybridized carbons (Fsp3) is 0.286. The van der Waals surface area contributed by atoms with Gasteiger partial charge in [-0.05, 0) is 42.5 Å². The molecule has 1 unspecified atom stereocenters. The summed E-state index contributed by atoms with van der Waals surface area (Å²) in [5, 5.41) is 9.54. The smallest absolute Gasteiger partial charge is 0.141 e. The molecule has 0 amide bonds. The Balaban J connectivity index is 1.89. The number of nitrogens with zero attached hydrogens (tertiary/aromatic N) is 2. The van der Waals surface area contributed by atoms with Gasteiger partial charge in [-0.25, -0.2) is 0 Å². The molecule has 98 valence electrons. The minimum absolute atomic E-state index is 0.0124. The number of fused-ring (bicyclic) bond motifs is 1. The van der Waals surface area contributed by atoms with Crippen LogP contribution < -0.4 is 10.6 Å². The molecule has 0 aliphatic carbocycles. The highest BCUT2D eigenvalue weighted by Crippen LogP contribution is 2.35. The maximum Gasteiger partial charge on any atom is 0.141 e. The first-order valence-corrected chi connectivity index (χ1v) is 7.18. The zero-order valence-electron chi connectivity index (χ0n) is 10.8. The van der Waals surface area contributed by atoms with Crippen LogP contribution >= 0.6 is 11.3 Å². The number of pyridine rings is 1. The lowest BCUT2D eigenvalue weighted by atomic mass is 10.0. The number of nitrogen functional groups attached to an aromatic ring is 1. The van der Waals surface area contributed by atoms with E-state index in [0.717, 1.165) is 18.7 Å². The quantitative estimate of drug-likeness (QED) is 0.652. The number of nitrogens with two attached hydrogens (primary N) is 1. The van der Waals surface area contributed by atoms with Crippen LogP contribution in [0.1, 0.15) is 29.1 Å². The Hall–Kier alpha value is -1.88. The largest absolute Gasteiger partial charge is 0.382 e. The van der Waals surface area contributed by atoms with E-state index in [1.165, 1.54) is 10.4 Å². The first kappa shape index (κ1) is 12.2. The van der Waals surface area contributed by atoms with E-state index in [1.807, 2.05) is 29.7 Å². The van der Waals surface area contributed by atoms with Crippen LogP contribution in [0.2, 0.25) is 0 Å². The Morgan fingerprint density at radius 3 is 3.00 bits per heavy atom. The van der Waals surface area contributed by atoms with Crippen molar-refractivity contribution in [2.24, 2.45) is 5.73 Å². The van der Waals surface area contributed by atoms with E-state index >= 15 is 0 Å². The van der Waals surface area contributed by atoms with E-state index in [-0.39, 0.29) is 5.84 Å². The molecule has 0 bridgehead atoms. The fourth-order valence-electron chi connectivity index (χ4n) is 2.58. The van der Waals surface area contributed by atoms with E-state index in [2.05, 4.69) is 28.3 Å². The van der Waals surface area contributed by atoms with Crippen LogP contribution in [0.15, 0.2) is 29.8 Å². The zero-order valence-corrected chi connectivity index (χ0v) is 11.6. The van der Waals surface area contributed by atoms with Crippen LogP contribution in [0.3, 0.4) is 0 Å². The molecule has 0 saturated carbocycles. The van der Waals surface area contributed by atoms with Gasteiger partial charge in [0.1, 0.15) is 11.5 Å². The second-order valence-corrected chi connectivity index (χ2v) is 5.73. The van der Waals surface area contributed by atoms with Crippen LogP contribution in [-0.2, 0) is 6.42 Å². The molecule has 1 aliphatic heterocycles. The fourth-order valence-corrected chi connectivity index (χ4v) is 3.54. The van der Waals surface area contributed by atoms with Crippen molar-refractivity contribution >= 4 is 22.9 Å². The van der Waals surface area contributed by atoms with Gasteiger partial charge in [-0.2, -0.15) is 0 Å². The first-order chi connectivity index (χ1) is 9.16. The number of hydrogen-bond donors (Lipinski definition) is 2. The number of amidine groups is 1. The van der Waals surface area contributed by atoms with Crippen molar-refractivity contribution in [3.05, 3.63) is 45.9 Å². The van der Waals surface area contributed by atoms with Crippen molar-refractivity contribution < 1.29 is 0 Å². The summed E-state index contributed by atoms with van der Waals surface area (Å²) in [5.74, 6) is 0.0124. The predicted octanol–water partition coefficient (Wildman–Crippen LogP) is 2.55. The first-order valence-electron chi connectivity index (χ1n) is 6.30. The second-order valence-electron chi connectivity index (χ2n) is 4.73. The van der Waals surface area contributed by atoms with Crippen LogP contribution in [0.25, 0.3) is 0 Å². The molecule has 19 heavy (non-hydrogen) atoms. The molecule has 5 heteroatoms. The monoisotopic (exact) mass is 272 g/mol. The van der Waals surface area contributed by atoms with Crippen LogP contribution in [0.5, 0.6) is 0 Å². The van der Waals surface area contributed by atoms with Gasteiger partial charge in [0.05, 0.1) is 17.9 Å². The summed E-state index contributed by atoms with van der Waals surface area (Å²) in [6.07, 6.45) is 2.90. The molecule has 2 aromatic heterocycles. The van der Waals surface area contributed by atoms with Gasteiger partial charge in [0.15, 0.2) is 0 Å². The molecule has 3 heterocycles. The number of anilines is 1. The van der Waals surface area contributed by atoms with E-state index in [9.17, 15) is 0 Å². The lowest BCUT2D eigenvalue weighted by molar-refractivity contribution is 0.632. The molecule has 0 spiro atoms. The molecular weight excluding hydrogens is 256 g/mol. The predicted molar refractivity (Wildman–Crippen MR) is 79.0 cm³/mol. The lowest BCUT2D eigenvalue weighted by Gasteiger charge is -2.35. The third-order valence-electron chi connectivity index (χ3n) is 3.63. The zero-order chi connectivity index (χ0) is 13.4. The summed E-state index contributed by atoms with van der Waals surface area (Å²) >= 11 is 1.85. The molecule has 0 saturated heterocycles. The highest BCUT2D eigenvalue weighted by atomic mass is 32.1. The van der Waals surface area contributed by atoms with Gasteiger partial charge < -0.3 is 10.6 Å². The molecule has 3 N–H and O–H groups in total. The maximum absolute atomic E-state index is 7.37. The number of hydrogen-bond acceptors (Lipinski definition) is 4. The molecule has 4 nitrogen and oxygen atoms in total. The Bertz CT molecular complexity index is 602. The van der Waals surface area contributed by atoms with Crippen molar-refractivity contribution in [3.8, 4) is 0 Å². The summed E-state index contributed by atoms with van der Waals surface area (Å²) in [7, 11) is 0. The average molecular weight is 272 g/mol. The number of aromatic nitrogens is 1. The Morgan fingerprint density at radius 1 is 1.47 bits per heavy atom. The van der Waals surface area contributed by atoms with Crippen molar-refractivity contribution in [2.45, 2.75) is 19.4 Å². The molecule has 3 rings (SSSR count). The third kappa shape index (κ3) is 2.10. The normalized spacial score (nSPS) is 18.2. The molecule has 1 aliphatic rings. The SMILES string of the molecule is CC1c2ccsc2CCN1c1ccc(C(=N)N)nc1. The van der Waals surface area contributed by atoms with Crippen LogP contribution in [0.4, 0.5) is 5.69 Å². The number of rotatable bonds is 2. The van der Waals surface area contributed by atoms with Gasteiger partial charge in [0.25, 0.3) is 0 Å². The summed E-state index contributed by atoms with van der Waals surface area (Å²) in [6, 6.07) is 6.40. The lowest BCUT2D eigenvalue weighted by Crippen LogP contribution is -2.33. The topological polar surface area (TPSA) is 66.0 Å². The maximum atomic E-state index is 7.37. The Morgan fingerprint density at radius 2 is 2.32 bits per heavy atom. The number of nitrogens with one attached hydrogen (secondary N) is 1. The average Bonchev–Trinajstić information content (AvgIpc) is 2.88. The van der Waals surface area contributed by atoms with E-state index in [4.69, 9.17) is 11.1 Å². The summed E-state index contributed by atoms with van der Waals surface area (Å²) in [5.41, 5.74) is 8.47. The molecule has 2 aromatic rings. The van der Waals surface area contributed by atoms with Gasteiger partial charge in [-0.3, -0.25) is 10.4 Å². The molecule has 0 fully saturated rings. The molecular formula is C14H16N4S. The van der Waals surface area contributed by atoms with Gasteiger partial charge in [0.2, 0.25) is 0 Å². The van der Waals surface area contributed by atoms with E-state index in [1.54, 1.807) is 0 Å². The highest BCUT2D eigenvalue weighted by molar-refractivity contribution is 7.10. The van der Waals surface area contributed by atoms with Gasteiger partial charge in [-0.15, -0.1) is 11.3 Å². The summed E-state index contributed by atoms with van der Waals surface area (Å²) in [6.45, 7) is 3.24. The third-order valence-corrected chi connectivity index (χ3v) is 4.63. The Kier molecular flexibility index (Phi) is 2.98. The standard InChI is InChI=1S/C14H16N4S/c1-9-11-5-7-19-13(11)4-6-18(9)10-2-3-12(14(15)16)17-8-10/h2-3,5,7-9H,4,6H2,1H3,(H3,15,16). The minimum atomic E-state index is 0.0124. The van der Waals surface area contributed by atoms with Gasteiger partial charge >= 0.3 is 0 Å². The van der Waals surface area contributed by atoms with Gasteiger partial charge in [-0.1, -0.05) is 0 Å².